The number of rotatable bonds is 5. The van der Waals surface area contributed by atoms with Crippen molar-refractivity contribution in [3.8, 4) is 0 Å². The lowest BCUT2D eigenvalue weighted by Crippen LogP contribution is -1.84. The first-order valence-corrected chi connectivity index (χ1v) is 8.38. The summed E-state index contributed by atoms with van der Waals surface area (Å²) in [4.78, 5) is 0. The Morgan fingerprint density at radius 3 is 2.67 bits per heavy atom. The second-order valence-corrected chi connectivity index (χ2v) is 7.41. The van der Waals surface area contributed by atoms with Gasteiger partial charge in [0, 0.05) is 10.8 Å². The van der Waals surface area contributed by atoms with E-state index in [2.05, 4.69) is 17.1 Å². The molecule has 0 N–H and O–H groups in total. The Hall–Kier alpha value is -0.300. The molecule has 0 saturated heterocycles. The van der Waals surface area contributed by atoms with Gasteiger partial charge in [-0.3, -0.25) is 0 Å². The second-order valence-electron chi connectivity index (χ2n) is 3.29. The molecule has 0 amide bonds. The molecule has 0 radical (unpaired) electrons. The van der Waals surface area contributed by atoms with Crippen molar-refractivity contribution in [2.75, 3.05) is 5.75 Å². The maximum atomic E-state index is 12.9. The Morgan fingerprint density at radius 2 is 2.00 bits per heavy atom. The first-order valence-electron chi connectivity index (χ1n) is 5.22. The van der Waals surface area contributed by atoms with Gasteiger partial charge < -0.3 is 0 Å². The summed E-state index contributed by atoms with van der Waals surface area (Å²) in [5.74, 6) is 1.35. The van der Waals surface area contributed by atoms with Crippen LogP contribution in [-0.4, -0.2) is 16.0 Å². The lowest BCUT2D eigenvalue weighted by molar-refractivity contribution is 0.627. The molecule has 0 saturated carbocycles. The van der Waals surface area contributed by atoms with E-state index in [4.69, 9.17) is 11.6 Å². The molecule has 18 heavy (non-hydrogen) atoms. The SMILES string of the molecule is CCSc1nnc(SCc2ccc(F)cc2Cl)s1. The molecule has 96 valence electrons. The van der Waals surface area contributed by atoms with Crippen molar-refractivity contribution in [2.24, 2.45) is 0 Å². The maximum Gasteiger partial charge on any atom is 0.175 e. The molecule has 1 heterocycles. The van der Waals surface area contributed by atoms with Crippen LogP contribution in [0.3, 0.4) is 0 Å². The largest absolute Gasteiger partial charge is 0.207 e. The van der Waals surface area contributed by atoms with Crippen LogP contribution in [0.25, 0.3) is 0 Å². The predicted octanol–water partition coefficient (Wildman–Crippen LogP) is 4.73. The molecule has 0 aliphatic heterocycles. The van der Waals surface area contributed by atoms with Crippen molar-refractivity contribution in [2.45, 2.75) is 21.4 Å². The monoisotopic (exact) mass is 320 g/mol. The number of benzene rings is 1. The highest BCUT2D eigenvalue weighted by Crippen LogP contribution is 2.32. The smallest absolute Gasteiger partial charge is 0.175 e. The van der Waals surface area contributed by atoms with Gasteiger partial charge in [-0.2, -0.15) is 0 Å². The molecule has 0 bridgehead atoms. The zero-order valence-electron chi connectivity index (χ0n) is 9.52. The quantitative estimate of drug-likeness (QED) is 0.743. The minimum absolute atomic E-state index is 0.314. The molecule has 0 aliphatic rings. The van der Waals surface area contributed by atoms with Crippen LogP contribution >= 0.6 is 46.5 Å². The zero-order valence-corrected chi connectivity index (χ0v) is 12.7. The summed E-state index contributed by atoms with van der Waals surface area (Å²) < 4.78 is 14.8. The molecular weight excluding hydrogens is 311 g/mol. The van der Waals surface area contributed by atoms with Crippen LogP contribution in [0.1, 0.15) is 12.5 Å². The number of halogens is 2. The van der Waals surface area contributed by atoms with Crippen molar-refractivity contribution in [3.63, 3.8) is 0 Å². The first-order chi connectivity index (χ1) is 8.69. The van der Waals surface area contributed by atoms with Gasteiger partial charge in [-0.15, -0.1) is 10.2 Å². The van der Waals surface area contributed by atoms with Gasteiger partial charge >= 0.3 is 0 Å². The van der Waals surface area contributed by atoms with Gasteiger partial charge in [0.2, 0.25) is 0 Å². The number of hydrogen-bond donors (Lipinski definition) is 0. The Balaban J connectivity index is 1.97. The minimum atomic E-state index is -0.314. The fraction of sp³-hybridized carbons (Fsp3) is 0.273. The van der Waals surface area contributed by atoms with E-state index in [0.29, 0.717) is 10.8 Å². The number of hydrogen-bond acceptors (Lipinski definition) is 5. The first kappa shape index (κ1) is 14.1. The molecule has 7 heteroatoms. The Morgan fingerprint density at radius 1 is 1.28 bits per heavy atom. The Labute approximate surface area is 122 Å². The average molecular weight is 321 g/mol. The molecule has 2 rings (SSSR count). The zero-order chi connectivity index (χ0) is 13.0. The van der Waals surface area contributed by atoms with Crippen molar-refractivity contribution < 1.29 is 4.39 Å². The number of nitrogens with zero attached hydrogens (tertiary/aromatic N) is 2. The fourth-order valence-corrected chi connectivity index (χ4v) is 4.45. The Kier molecular flexibility index (Phi) is 5.29. The van der Waals surface area contributed by atoms with Crippen LogP contribution in [0.15, 0.2) is 26.9 Å². The van der Waals surface area contributed by atoms with Crippen LogP contribution in [0, 0.1) is 5.82 Å². The molecule has 0 aliphatic carbocycles. The Bertz CT molecular complexity index is 533. The highest BCUT2D eigenvalue weighted by Gasteiger charge is 2.07. The molecule has 0 unspecified atom stereocenters. The third kappa shape index (κ3) is 3.85. The van der Waals surface area contributed by atoms with E-state index in [9.17, 15) is 4.39 Å². The van der Waals surface area contributed by atoms with Crippen LogP contribution in [0.5, 0.6) is 0 Å². The lowest BCUT2D eigenvalue weighted by Gasteiger charge is -2.01. The topological polar surface area (TPSA) is 25.8 Å². The summed E-state index contributed by atoms with van der Waals surface area (Å²) in [5.41, 5.74) is 0.906. The van der Waals surface area contributed by atoms with E-state index in [1.54, 1.807) is 40.9 Å². The van der Waals surface area contributed by atoms with E-state index >= 15 is 0 Å². The maximum absolute atomic E-state index is 12.9. The van der Waals surface area contributed by atoms with E-state index in [0.717, 1.165) is 20.0 Å². The summed E-state index contributed by atoms with van der Waals surface area (Å²) in [6, 6.07) is 4.45. The summed E-state index contributed by atoms with van der Waals surface area (Å²) >= 11 is 10.8. The predicted molar refractivity (Wildman–Crippen MR) is 77.3 cm³/mol. The third-order valence-corrected chi connectivity index (χ3v) is 5.49. The van der Waals surface area contributed by atoms with Crippen LogP contribution in [0.4, 0.5) is 4.39 Å². The standard InChI is InChI=1S/C11H10ClFN2S3/c1-2-16-10-14-15-11(18-10)17-6-7-3-4-8(13)5-9(7)12/h3-5H,2,6H2,1H3. The average Bonchev–Trinajstić information content (AvgIpc) is 2.76. The van der Waals surface area contributed by atoms with Crippen LogP contribution in [0.2, 0.25) is 5.02 Å². The van der Waals surface area contributed by atoms with Crippen molar-refractivity contribution in [3.05, 3.63) is 34.6 Å². The third-order valence-electron chi connectivity index (χ3n) is 2.02. The van der Waals surface area contributed by atoms with Gasteiger partial charge in [-0.05, 0) is 23.4 Å². The molecule has 0 atom stereocenters. The van der Waals surface area contributed by atoms with Crippen LogP contribution < -0.4 is 0 Å². The van der Waals surface area contributed by atoms with Crippen LogP contribution in [-0.2, 0) is 5.75 Å². The summed E-state index contributed by atoms with van der Waals surface area (Å²) in [6.45, 7) is 2.08. The molecular formula is C11H10ClFN2S3. The molecule has 0 spiro atoms. The highest BCUT2D eigenvalue weighted by atomic mass is 35.5. The van der Waals surface area contributed by atoms with E-state index < -0.39 is 0 Å². The van der Waals surface area contributed by atoms with Gasteiger partial charge in [-0.25, -0.2) is 4.39 Å². The van der Waals surface area contributed by atoms with Gasteiger partial charge in [0.25, 0.3) is 0 Å². The van der Waals surface area contributed by atoms with Crippen molar-refractivity contribution >= 4 is 46.5 Å². The number of aromatic nitrogens is 2. The highest BCUT2D eigenvalue weighted by molar-refractivity contribution is 8.02. The molecule has 0 fully saturated rings. The molecule has 2 nitrogen and oxygen atoms in total. The summed E-state index contributed by atoms with van der Waals surface area (Å²) in [7, 11) is 0. The summed E-state index contributed by atoms with van der Waals surface area (Å²) in [6.07, 6.45) is 0. The van der Waals surface area contributed by atoms with Gasteiger partial charge in [0.15, 0.2) is 8.68 Å². The summed E-state index contributed by atoms with van der Waals surface area (Å²) in [5, 5.41) is 8.62. The van der Waals surface area contributed by atoms with E-state index in [-0.39, 0.29) is 5.82 Å². The normalized spacial score (nSPS) is 10.8. The number of thioether (sulfide) groups is 2. The van der Waals surface area contributed by atoms with Gasteiger partial charge in [0.05, 0.1) is 0 Å². The molecule has 1 aromatic heterocycles. The van der Waals surface area contributed by atoms with E-state index in [1.807, 2.05) is 0 Å². The van der Waals surface area contributed by atoms with Gasteiger partial charge in [-0.1, -0.05) is 59.5 Å². The second kappa shape index (κ2) is 6.75. The molecule has 2 aromatic rings. The minimum Gasteiger partial charge on any atom is -0.207 e. The molecule has 1 aromatic carbocycles. The van der Waals surface area contributed by atoms with E-state index in [1.165, 1.54) is 12.1 Å². The fourth-order valence-electron chi connectivity index (χ4n) is 1.22. The lowest BCUT2D eigenvalue weighted by atomic mass is 10.2. The van der Waals surface area contributed by atoms with Crippen molar-refractivity contribution in [1.82, 2.24) is 10.2 Å². The van der Waals surface area contributed by atoms with Crippen molar-refractivity contribution in [1.29, 1.82) is 0 Å². The van der Waals surface area contributed by atoms with Gasteiger partial charge in [0.1, 0.15) is 5.82 Å².